The van der Waals surface area contributed by atoms with E-state index in [2.05, 4.69) is 9.98 Å². The van der Waals surface area contributed by atoms with Gasteiger partial charge >= 0.3 is 33.2 Å². The Balaban J connectivity index is 0. The summed E-state index contributed by atoms with van der Waals surface area (Å²) in [6.45, 7) is 6.15. The minimum atomic E-state index is 0.0290. The molecule has 0 saturated heterocycles. The summed E-state index contributed by atoms with van der Waals surface area (Å²) in [7, 11) is 11.2. The zero-order valence-corrected chi connectivity index (χ0v) is 10.2. The van der Waals surface area contributed by atoms with Crippen LogP contribution in [-0.4, -0.2) is 25.0 Å². The molecule has 0 bridgehead atoms. The van der Waals surface area contributed by atoms with E-state index in [1.807, 2.05) is 20.8 Å². The first-order valence-electron chi connectivity index (χ1n) is 3.27. The number of nitrogens with zero attached hydrogens (tertiary/aromatic N) is 2. The SMILES string of the molecule is CN=CC=NC(C)(C)C.[Cl][Co][Cl]. The van der Waals surface area contributed by atoms with Crippen molar-refractivity contribution in [2.45, 2.75) is 26.3 Å². The van der Waals surface area contributed by atoms with Gasteiger partial charge in [-0.15, -0.1) is 0 Å². The molecular weight excluding hydrogens is 242 g/mol. The first-order chi connectivity index (χ1) is 5.47. The maximum atomic E-state index is 4.73. The second kappa shape index (κ2) is 9.51. The molecule has 75 valence electrons. The van der Waals surface area contributed by atoms with Gasteiger partial charge in [0.25, 0.3) is 0 Å². The van der Waals surface area contributed by atoms with Gasteiger partial charge < -0.3 is 0 Å². The second-order valence-electron chi connectivity index (χ2n) is 2.90. The molecule has 0 saturated carbocycles. The number of hydrogen-bond donors (Lipinski definition) is 0. The van der Waals surface area contributed by atoms with Crippen LogP contribution in [0.5, 0.6) is 0 Å². The molecule has 2 nitrogen and oxygen atoms in total. The first-order valence-corrected chi connectivity index (χ1v) is 6.14. The molecule has 0 aromatic rings. The fraction of sp³-hybridized carbons (Fsp3) is 0.714. The standard InChI is InChI=1S/C7H14N2.2ClH.Co/c1-7(2,3)9-6-5-8-4;;;/h5-6H,1-4H3;2*1H;/q;;;+2/p-2. The van der Waals surface area contributed by atoms with E-state index in [0.29, 0.717) is 12.9 Å². The third-order valence-electron chi connectivity index (χ3n) is 0.678. The van der Waals surface area contributed by atoms with E-state index >= 15 is 0 Å². The monoisotopic (exact) mass is 255 g/mol. The summed E-state index contributed by atoms with van der Waals surface area (Å²) in [4.78, 5) is 7.94. The summed E-state index contributed by atoms with van der Waals surface area (Å²) in [5, 5.41) is 0. The number of hydrogen-bond acceptors (Lipinski definition) is 2. The molecule has 0 aromatic heterocycles. The molecule has 0 rings (SSSR count). The van der Waals surface area contributed by atoms with Gasteiger partial charge in [-0.05, 0) is 20.8 Å². The molecule has 0 radical (unpaired) electrons. The van der Waals surface area contributed by atoms with Crippen LogP contribution < -0.4 is 0 Å². The van der Waals surface area contributed by atoms with Gasteiger partial charge in [0.2, 0.25) is 0 Å². The van der Waals surface area contributed by atoms with Crippen molar-refractivity contribution in [2.75, 3.05) is 7.05 Å². The van der Waals surface area contributed by atoms with E-state index in [9.17, 15) is 0 Å². The Kier molecular flexibility index (Phi) is 11.8. The number of aliphatic imine (C=N–C) groups is 2. The molecule has 0 atom stereocenters. The van der Waals surface area contributed by atoms with Crippen LogP contribution in [0.15, 0.2) is 9.98 Å². The molecule has 0 N–H and O–H groups in total. The molecule has 12 heavy (non-hydrogen) atoms. The van der Waals surface area contributed by atoms with Gasteiger partial charge in [-0.25, -0.2) is 0 Å². The van der Waals surface area contributed by atoms with Crippen LogP contribution in [0.2, 0.25) is 0 Å². The summed E-state index contributed by atoms with van der Waals surface area (Å²) in [5.41, 5.74) is 0.0290. The maximum absolute atomic E-state index is 4.73. The van der Waals surface area contributed by atoms with E-state index in [1.165, 1.54) is 0 Å². The summed E-state index contributed by atoms with van der Waals surface area (Å²) < 4.78 is 0. The van der Waals surface area contributed by atoms with Crippen LogP contribution in [0.1, 0.15) is 20.8 Å². The normalized spacial score (nSPS) is 12.2. The van der Waals surface area contributed by atoms with Crippen molar-refractivity contribution in [3.8, 4) is 0 Å². The Labute approximate surface area is 88.9 Å². The van der Waals surface area contributed by atoms with Crippen LogP contribution in [0, 0.1) is 0 Å². The predicted molar refractivity (Wildman–Crippen MR) is 54.4 cm³/mol. The molecule has 0 aliphatic heterocycles. The van der Waals surface area contributed by atoms with E-state index in [0.717, 1.165) is 0 Å². The Morgan fingerprint density at radius 3 is 1.83 bits per heavy atom. The molecular formula is C7H14Cl2CoN2. The molecule has 0 unspecified atom stereocenters. The second-order valence-corrected chi connectivity index (χ2v) is 4.62. The van der Waals surface area contributed by atoms with E-state index in [4.69, 9.17) is 20.3 Å². The molecule has 0 spiro atoms. The van der Waals surface area contributed by atoms with E-state index in [-0.39, 0.29) is 5.54 Å². The Bertz CT molecular complexity index is 141. The van der Waals surface area contributed by atoms with Gasteiger partial charge in [0.1, 0.15) is 0 Å². The van der Waals surface area contributed by atoms with Crippen molar-refractivity contribution in [3.63, 3.8) is 0 Å². The van der Waals surface area contributed by atoms with E-state index < -0.39 is 0 Å². The number of halogens is 2. The zero-order valence-electron chi connectivity index (χ0n) is 7.64. The Hall–Kier alpha value is 0.426. The fourth-order valence-electron chi connectivity index (χ4n) is 0.324. The molecule has 0 aliphatic carbocycles. The summed E-state index contributed by atoms with van der Waals surface area (Å²) in [5.74, 6) is 0. The van der Waals surface area contributed by atoms with Crippen molar-refractivity contribution in [1.29, 1.82) is 0 Å². The first kappa shape index (κ1) is 14.9. The third kappa shape index (κ3) is 22.4. The van der Waals surface area contributed by atoms with Gasteiger partial charge in [0, 0.05) is 19.5 Å². The van der Waals surface area contributed by atoms with Crippen molar-refractivity contribution in [2.24, 2.45) is 9.98 Å². The summed E-state index contributed by atoms with van der Waals surface area (Å²) in [6.07, 6.45) is 3.41. The van der Waals surface area contributed by atoms with Crippen molar-refractivity contribution >= 4 is 32.7 Å². The zero-order chi connectivity index (χ0) is 10.0. The molecule has 0 fully saturated rings. The van der Waals surface area contributed by atoms with Gasteiger partial charge in [-0.3, -0.25) is 9.98 Å². The van der Waals surface area contributed by atoms with Gasteiger partial charge in [0.15, 0.2) is 0 Å². The van der Waals surface area contributed by atoms with E-state index in [1.54, 1.807) is 19.5 Å². The van der Waals surface area contributed by atoms with Crippen molar-refractivity contribution < 1.29 is 12.9 Å². The van der Waals surface area contributed by atoms with Crippen molar-refractivity contribution in [1.82, 2.24) is 0 Å². The Morgan fingerprint density at radius 2 is 1.58 bits per heavy atom. The quantitative estimate of drug-likeness (QED) is 0.644. The van der Waals surface area contributed by atoms with Crippen molar-refractivity contribution in [3.05, 3.63) is 0 Å². The Morgan fingerprint density at radius 1 is 1.17 bits per heavy atom. The van der Waals surface area contributed by atoms with Crippen LogP contribution in [0.3, 0.4) is 0 Å². The summed E-state index contributed by atoms with van der Waals surface area (Å²) >= 11 is 0.382. The number of rotatable bonds is 1. The third-order valence-corrected chi connectivity index (χ3v) is 0.678. The average molecular weight is 256 g/mol. The fourth-order valence-corrected chi connectivity index (χ4v) is 0.324. The van der Waals surface area contributed by atoms with Crippen LogP contribution in [0.25, 0.3) is 0 Å². The van der Waals surface area contributed by atoms with Gasteiger partial charge in [-0.1, -0.05) is 0 Å². The van der Waals surface area contributed by atoms with Gasteiger partial charge in [-0.2, -0.15) is 0 Å². The molecule has 0 aromatic carbocycles. The molecule has 5 heteroatoms. The minimum absolute atomic E-state index is 0.0290. The molecule has 0 heterocycles. The van der Waals surface area contributed by atoms with Crippen LogP contribution >= 0.6 is 20.3 Å². The van der Waals surface area contributed by atoms with Crippen LogP contribution in [0.4, 0.5) is 0 Å². The van der Waals surface area contributed by atoms with Gasteiger partial charge in [0.05, 0.1) is 5.54 Å². The molecule has 0 aliphatic rings. The average Bonchev–Trinajstić information content (AvgIpc) is 1.87. The predicted octanol–water partition coefficient (Wildman–Crippen LogP) is 2.93. The topological polar surface area (TPSA) is 24.7 Å². The molecule has 0 amide bonds. The summed E-state index contributed by atoms with van der Waals surface area (Å²) in [6, 6.07) is 0. The van der Waals surface area contributed by atoms with Crippen LogP contribution in [-0.2, 0) is 12.9 Å².